The van der Waals surface area contributed by atoms with Gasteiger partial charge >= 0.3 is 0 Å². The van der Waals surface area contributed by atoms with Crippen LogP contribution < -0.4 is 11.1 Å². The second kappa shape index (κ2) is 4.42. The average Bonchev–Trinajstić information content (AvgIpc) is 2.67. The molecule has 3 N–H and O–H groups in total. The van der Waals surface area contributed by atoms with Gasteiger partial charge in [0.2, 0.25) is 0 Å². The third-order valence-electron chi connectivity index (χ3n) is 4.48. The van der Waals surface area contributed by atoms with Gasteiger partial charge in [-0.25, -0.2) is 0 Å². The monoisotopic (exact) mass is 210 g/mol. The van der Waals surface area contributed by atoms with Crippen LogP contribution in [0, 0.1) is 0 Å². The van der Waals surface area contributed by atoms with Crippen LogP contribution in [0.1, 0.15) is 64.7 Å². The molecule has 0 aromatic carbocycles. The van der Waals surface area contributed by atoms with E-state index in [0.717, 1.165) is 6.54 Å². The third-order valence-corrected chi connectivity index (χ3v) is 4.48. The van der Waals surface area contributed by atoms with Gasteiger partial charge in [-0.05, 0) is 32.6 Å². The molecular weight excluding hydrogens is 184 g/mol. The van der Waals surface area contributed by atoms with Crippen LogP contribution >= 0.6 is 0 Å². The summed E-state index contributed by atoms with van der Waals surface area (Å²) in [5.41, 5.74) is 6.64. The van der Waals surface area contributed by atoms with E-state index < -0.39 is 0 Å². The lowest BCUT2D eigenvalue weighted by Crippen LogP contribution is -2.59. The van der Waals surface area contributed by atoms with Crippen molar-refractivity contribution in [1.29, 1.82) is 0 Å². The van der Waals surface area contributed by atoms with Gasteiger partial charge in [-0.3, -0.25) is 0 Å². The SMILES string of the molecule is CC1(NC2(CN)CCCC2)CCCCC1. The van der Waals surface area contributed by atoms with Crippen LogP contribution in [0.2, 0.25) is 0 Å². The molecule has 0 heterocycles. The number of hydrogen-bond donors (Lipinski definition) is 2. The summed E-state index contributed by atoms with van der Waals surface area (Å²) in [6, 6.07) is 0. The Morgan fingerprint density at radius 1 is 0.933 bits per heavy atom. The van der Waals surface area contributed by atoms with Crippen molar-refractivity contribution in [2.45, 2.75) is 75.8 Å². The maximum Gasteiger partial charge on any atom is 0.0308 e. The van der Waals surface area contributed by atoms with Crippen molar-refractivity contribution < 1.29 is 0 Å². The highest BCUT2D eigenvalue weighted by atomic mass is 15.1. The smallest absolute Gasteiger partial charge is 0.0308 e. The summed E-state index contributed by atoms with van der Waals surface area (Å²) in [5.74, 6) is 0. The number of rotatable bonds is 3. The molecule has 0 saturated heterocycles. The standard InChI is InChI=1S/C13H26N2/c1-12(7-3-2-4-8-12)15-13(11-14)9-5-6-10-13/h15H,2-11,14H2,1H3. The van der Waals surface area contributed by atoms with Gasteiger partial charge < -0.3 is 11.1 Å². The first-order chi connectivity index (χ1) is 7.18. The highest BCUT2D eigenvalue weighted by molar-refractivity contribution is 5.00. The maximum absolute atomic E-state index is 5.98. The second-order valence-corrected chi connectivity index (χ2v) is 5.94. The molecule has 0 aromatic rings. The Kier molecular flexibility index (Phi) is 3.36. The van der Waals surface area contributed by atoms with Crippen molar-refractivity contribution in [1.82, 2.24) is 5.32 Å². The van der Waals surface area contributed by atoms with Gasteiger partial charge in [0.05, 0.1) is 0 Å². The predicted octanol–water partition coefficient (Wildman–Crippen LogP) is 2.57. The fourth-order valence-corrected chi connectivity index (χ4v) is 3.53. The Labute approximate surface area is 94.0 Å². The molecule has 0 spiro atoms. The lowest BCUT2D eigenvalue weighted by molar-refractivity contribution is 0.174. The molecule has 88 valence electrons. The van der Waals surface area contributed by atoms with Crippen molar-refractivity contribution in [2.75, 3.05) is 6.54 Å². The van der Waals surface area contributed by atoms with Crippen molar-refractivity contribution >= 4 is 0 Å². The van der Waals surface area contributed by atoms with Gasteiger partial charge in [-0.2, -0.15) is 0 Å². The van der Waals surface area contributed by atoms with E-state index in [1.54, 1.807) is 0 Å². The lowest BCUT2D eigenvalue weighted by atomic mass is 9.80. The van der Waals surface area contributed by atoms with Crippen LogP contribution in [0.25, 0.3) is 0 Å². The highest BCUT2D eigenvalue weighted by Crippen LogP contribution is 2.35. The largest absolute Gasteiger partial charge is 0.329 e. The van der Waals surface area contributed by atoms with E-state index in [1.807, 2.05) is 0 Å². The Balaban J connectivity index is 1.98. The number of nitrogens with one attached hydrogen (secondary N) is 1. The molecule has 2 aliphatic rings. The van der Waals surface area contributed by atoms with E-state index in [0.29, 0.717) is 5.54 Å². The van der Waals surface area contributed by atoms with Gasteiger partial charge in [0.1, 0.15) is 0 Å². The number of nitrogens with two attached hydrogens (primary N) is 1. The summed E-state index contributed by atoms with van der Waals surface area (Å²) in [7, 11) is 0. The third kappa shape index (κ3) is 2.54. The van der Waals surface area contributed by atoms with E-state index in [4.69, 9.17) is 5.73 Å². The van der Waals surface area contributed by atoms with Gasteiger partial charge in [0, 0.05) is 17.6 Å². The maximum atomic E-state index is 5.98. The summed E-state index contributed by atoms with van der Waals surface area (Å²) in [4.78, 5) is 0. The molecule has 2 nitrogen and oxygen atoms in total. The fourth-order valence-electron chi connectivity index (χ4n) is 3.53. The minimum Gasteiger partial charge on any atom is -0.329 e. The molecule has 0 bridgehead atoms. The molecule has 0 amide bonds. The van der Waals surface area contributed by atoms with Crippen LogP contribution in [0.5, 0.6) is 0 Å². The quantitative estimate of drug-likeness (QED) is 0.751. The summed E-state index contributed by atoms with van der Waals surface area (Å²) >= 11 is 0. The lowest BCUT2D eigenvalue weighted by Gasteiger charge is -2.43. The van der Waals surface area contributed by atoms with Crippen LogP contribution in [-0.4, -0.2) is 17.6 Å². The Morgan fingerprint density at radius 3 is 2.00 bits per heavy atom. The Morgan fingerprint density at radius 2 is 1.47 bits per heavy atom. The molecule has 2 rings (SSSR count). The molecule has 2 heteroatoms. The normalized spacial score (nSPS) is 29.2. The van der Waals surface area contributed by atoms with E-state index in [2.05, 4.69) is 12.2 Å². The predicted molar refractivity (Wildman–Crippen MR) is 64.9 cm³/mol. The zero-order valence-corrected chi connectivity index (χ0v) is 10.1. The van der Waals surface area contributed by atoms with Crippen molar-refractivity contribution in [2.24, 2.45) is 5.73 Å². The molecular formula is C13H26N2. The van der Waals surface area contributed by atoms with Gasteiger partial charge in [0.15, 0.2) is 0 Å². The first-order valence-electron chi connectivity index (χ1n) is 6.68. The van der Waals surface area contributed by atoms with Crippen LogP contribution in [0.15, 0.2) is 0 Å². The molecule has 0 unspecified atom stereocenters. The molecule has 0 radical (unpaired) electrons. The van der Waals surface area contributed by atoms with E-state index in [1.165, 1.54) is 57.8 Å². The summed E-state index contributed by atoms with van der Waals surface area (Å²) < 4.78 is 0. The topological polar surface area (TPSA) is 38.0 Å². The van der Waals surface area contributed by atoms with Crippen molar-refractivity contribution in [3.8, 4) is 0 Å². The van der Waals surface area contributed by atoms with E-state index >= 15 is 0 Å². The zero-order chi connectivity index (χ0) is 10.8. The minimum atomic E-state index is 0.284. The van der Waals surface area contributed by atoms with Crippen LogP contribution in [0.3, 0.4) is 0 Å². The first-order valence-corrected chi connectivity index (χ1v) is 6.68. The van der Waals surface area contributed by atoms with Gasteiger partial charge in [0.25, 0.3) is 0 Å². The zero-order valence-electron chi connectivity index (χ0n) is 10.1. The van der Waals surface area contributed by atoms with Crippen LogP contribution in [0.4, 0.5) is 0 Å². The molecule has 2 aliphatic carbocycles. The average molecular weight is 210 g/mol. The molecule has 0 atom stereocenters. The minimum absolute atomic E-state index is 0.284. The van der Waals surface area contributed by atoms with E-state index in [9.17, 15) is 0 Å². The van der Waals surface area contributed by atoms with Crippen molar-refractivity contribution in [3.05, 3.63) is 0 Å². The summed E-state index contributed by atoms with van der Waals surface area (Å²) in [5, 5.41) is 3.93. The van der Waals surface area contributed by atoms with Gasteiger partial charge in [-0.15, -0.1) is 0 Å². The first kappa shape index (κ1) is 11.4. The molecule has 2 fully saturated rings. The summed E-state index contributed by atoms with van der Waals surface area (Å²) in [6.45, 7) is 3.23. The Bertz CT molecular complexity index is 201. The van der Waals surface area contributed by atoms with Crippen LogP contribution in [-0.2, 0) is 0 Å². The molecule has 0 aromatic heterocycles. The highest BCUT2D eigenvalue weighted by Gasteiger charge is 2.39. The fraction of sp³-hybridized carbons (Fsp3) is 1.00. The van der Waals surface area contributed by atoms with Gasteiger partial charge in [-0.1, -0.05) is 32.1 Å². The second-order valence-electron chi connectivity index (χ2n) is 5.94. The Hall–Kier alpha value is -0.0800. The molecule has 2 saturated carbocycles. The molecule has 15 heavy (non-hydrogen) atoms. The van der Waals surface area contributed by atoms with E-state index in [-0.39, 0.29) is 5.54 Å². The number of hydrogen-bond acceptors (Lipinski definition) is 2. The van der Waals surface area contributed by atoms with Crippen molar-refractivity contribution in [3.63, 3.8) is 0 Å². The summed E-state index contributed by atoms with van der Waals surface area (Å²) in [6.07, 6.45) is 12.2. The molecule has 0 aliphatic heterocycles.